The lowest BCUT2D eigenvalue weighted by Gasteiger charge is -2.39. The number of imide groups is 2. The number of amides is 4. The third-order valence-corrected chi connectivity index (χ3v) is 7.85. The smallest absolute Gasteiger partial charge is 0.264 e. The Morgan fingerprint density at radius 3 is 2.29 bits per heavy atom. The summed E-state index contributed by atoms with van der Waals surface area (Å²) >= 11 is 0. The van der Waals surface area contributed by atoms with Gasteiger partial charge in [0.25, 0.3) is 11.8 Å². The van der Waals surface area contributed by atoms with E-state index in [4.69, 9.17) is 5.26 Å². The van der Waals surface area contributed by atoms with Gasteiger partial charge in [-0.3, -0.25) is 34.3 Å². The first kappa shape index (κ1) is 28.0. The molecule has 3 aromatic carbocycles. The third-order valence-electron chi connectivity index (χ3n) is 7.85. The number of carbonyl (C=O) groups is 4. The molecule has 208 valence electrons. The number of hydrogen-bond donors (Lipinski definition) is 2. The fraction of sp³-hybridized carbons (Fsp3) is 0.258. The molecular formula is C31H28ClN5O4. The molecule has 6 rings (SSSR count). The van der Waals surface area contributed by atoms with Crippen LogP contribution in [0.2, 0.25) is 0 Å². The molecule has 2 fully saturated rings. The summed E-state index contributed by atoms with van der Waals surface area (Å²) in [5.74, 6) is -1.58. The normalized spacial score (nSPS) is 18.7. The summed E-state index contributed by atoms with van der Waals surface area (Å²) in [7, 11) is 0. The van der Waals surface area contributed by atoms with Crippen LogP contribution in [-0.4, -0.2) is 52.6 Å². The van der Waals surface area contributed by atoms with Gasteiger partial charge in [-0.25, -0.2) is 0 Å². The van der Waals surface area contributed by atoms with E-state index < -0.39 is 29.7 Å². The first-order valence-electron chi connectivity index (χ1n) is 13.3. The van der Waals surface area contributed by atoms with Crippen molar-refractivity contribution in [3.63, 3.8) is 0 Å². The maximum absolute atomic E-state index is 13.3. The van der Waals surface area contributed by atoms with Crippen LogP contribution in [0.25, 0.3) is 0 Å². The van der Waals surface area contributed by atoms with Gasteiger partial charge in [-0.15, -0.1) is 12.4 Å². The molecule has 1 atom stereocenters. The highest BCUT2D eigenvalue weighted by Crippen LogP contribution is 2.33. The van der Waals surface area contributed by atoms with E-state index in [-0.39, 0.29) is 36.4 Å². The number of hydrogen-bond acceptors (Lipinski definition) is 7. The maximum atomic E-state index is 13.3. The fourth-order valence-corrected chi connectivity index (χ4v) is 5.62. The summed E-state index contributed by atoms with van der Waals surface area (Å²) in [5, 5.41) is 14.5. The number of nitrogens with zero attached hydrogens (tertiary/aromatic N) is 3. The van der Waals surface area contributed by atoms with Crippen LogP contribution < -0.4 is 10.6 Å². The highest BCUT2D eigenvalue weighted by molar-refractivity contribution is 6.25. The van der Waals surface area contributed by atoms with Gasteiger partial charge in [-0.1, -0.05) is 42.5 Å². The monoisotopic (exact) mass is 569 g/mol. The second-order valence-corrected chi connectivity index (χ2v) is 10.5. The molecule has 0 saturated carbocycles. The van der Waals surface area contributed by atoms with Gasteiger partial charge >= 0.3 is 0 Å². The number of rotatable bonds is 7. The van der Waals surface area contributed by atoms with E-state index in [1.807, 2.05) is 36.4 Å². The van der Waals surface area contributed by atoms with Gasteiger partial charge in [0.1, 0.15) is 6.04 Å². The molecule has 10 heteroatoms. The number of anilines is 1. The fourth-order valence-electron chi connectivity index (χ4n) is 5.62. The molecule has 3 aliphatic heterocycles. The van der Waals surface area contributed by atoms with Crippen LogP contribution in [0.15, 0.2) is 66.7 Å². The molecule has 41 heavy (non-hydrogen) atoms. The Labute approximate surface area is 243 Å². The van der Waals surface area contributed by atoms with E-state index in [1.54, 1.807) is 18.2 Å². The van der Waals surface area contributed by atoms with Crippen LogP contribution >= 0.6 is 12.4 Å². The van der Waals surface area contributed by atoms with E-state index in [0.717, 1.165) is 30.1 Å². The number of carbonyl (C=O) groups excluding carboxylic acids is 4. The van der Waals surface area contributed by atoms with Gasteiger partial charge in [0, 0.05) is 44.2 Å². The lowest BCUT2D eigenvalue weighted by atomic mass is 9.90. The zero-order chi connectivity index (χ0) is 27.8. The number of fused-ring (bicyclic) bond motifs is 1. The summed E-state index contributed by atoms with van der Waals surface area (Å²) in [6, 6.07) is 22.3. The van der Waals surface area contributed by atoms with Crippen molar-refractivity contribution < 1.29 is 19.2 Å². The van der Waals surface area contributed by atoms with Crippen molar-refractivity contribution >= 4 is 41.7 Å². The van der Waals surface area contributed by atoms with Gasteiger partial charge < -0.3 is 5.32 Å². The SMILES string of the molecule is Cl.N#Cc1ccc(C2CN(Cc3ccc(CNc4cccc5c4C(=O)N(C4CCC(=O)NC4=O)C5=O)cc3)C2)cc1. The van der Waals surface area contributed by atoms with Gasteiger partial charge in [-0.05, 0) is 47.4 Å². The summed E-state index contributed by atoms with van der Waals surface area (Å²) in [4.78, 5) is 53.5. The molecule has 1 unspecified atom stereocenters. The number of likely N-dealkylation sites (tertiary alicyclic amines) is 1. The number of piperidine rings is 1. The van der Waals surface area contributed by atoms with Gasteiger partial charge in [0.15, 0.2) is 0 Å². The van der Waals surface area contributed by atoms with Gasteiger partial charge in [0.05, 0.1) is 22.8 Å². The Balaban J connectivity index is 0.00000337. The van der Waals surface area contributed by atoms with E-state index in [1.165, 1.54) is 11.1 Å². The number of halogens is 1. The van der Waals surface area contributed by atoms with Gasteiger partial charge in [0.2, 0.25) is 11.8 Å². The molecule has 2 saturated heterocycles. The van der Waals surface area contributed by atoms with E-state index >= 15 is 0 Å². The van der Waals surface area contributed by atoms with E-state index in [9.17, 15) is 19.2 Å². The highest BCUT2D eigenvalue weighted by Gasteiger charge is 2.45. The van der Waals surface area contributed by atoms with Crippen molar-refractivity contribution in [1.29, 1.82) is 5.26 Å². The minimum atomic E-state index is -0.990. The van der Waals surface area contributed by atoms with E-state index in [0.29, 0.717) is 23.7 Å². The van der Waals surface area contributed by atoms with Crippen LogP contribution in [0.4, 0.5) is 5.69 Å². The van der Waals surface area contributed by atoms with Crippen molar-refractivity contribution in [2.24, 2.45) is 0 Å². The molecule has 0 bridgehead atoms. The second-order valence-electron chi connectivity index (χ2n) is 10.5. The average Bonchev–Trinajstić information content (AvgIpc) is 3.20. The lowest BCUT2D eigenvalue weighted by Crippen LogP contribution is -2.54. The van der Waals surface area contributed by atoms with Gasteiger partial charge in [-0.2, -0.15) is 5.26 Å². The van der Waals surface area contributed by atoms with Crippen molar-refractivity contribution in [2.45, 2.75) is 37.9 Å². The van der Waals surface area contributed by atoms with Crippen molar-refractivity contribution in [2.75, 3.05) is 18.4 Å². The Kier molecular flexibility index (Phi) is 7.88. The number of nitriles is 1. The van der Waals surface area contributed by atoms with Crippen LogP contribution in [-0.2, 0) is 22.7 Å². The largest absolute Gasteiger partial charge is 0.380 e. The zero-order valence-corrected chi connectivity index (χ0v) is 22.9. The van der Waals surface area contributed by atoms with Crippen molar-refractivity contribution in [3.8, 4) is 6.07 Å². The molecule has 2 N–H and O–H groups in total. The molecule has 0 radical (unpaired) electrons. The number of benzene rings is 3. The number of nitrogens with one attached hydrogen (secondary N) is 2. The molecule has 3 heterocycles. The molecule has 3 aliphatic rings. The minimum absolute atomic E-state index is 0. The Morgan fingerprint density at radius 1 is 0.902 bits per heavy atom. The maximum Gasteiger partial charge on any atom is 0.264 e. The molecule has 9 nitrogen and oxygen atoms in total. The van der Waals surface area contributed by atoms with E-state index in [2.05, 4.69) is 33.7 Å². The molecule has 0 aromatic heterocycles. The van der Waals surface area contributed by atoms with Crippen LogP contribution in [0.1, 0.15) is 61.7 Å². The third kappa shape index (κ3) is 5.44. The lowest BCUT2D eigenvalue weighted by molar-refractivity contribution is -0.136. The Hall–Kier alpha value is -4.52. The first-order valence-corrected chi connectivity index (χ1v) is 13.3. The predicted molar refractivity (Wildman–Crippen MR) is 153 cm³/mol. The molecule has 3 aromatic rings. The zero-order valence-electron chi connectivity index (χ0n) is 22.1. The Morgan fingerprint density at radius 2 is 1.61 bits per heavy atom. The first-order chi connectivity index (χ1) is 19.4. The molecule has 0 spiro atoms. The highest BCUT2D eigenvalue weighted by atomic mass is 35.5. The van der Waals surface area contributed by atoms with Crippen LogP contribution in [0, 0.1) is 11.3 Å². The van der Waals surface area contributed by atoms with Crippen molar-refractivity contribution in [1.82, 2.24) is 15.1 Å². The molecule has 0 aliphatic carbocycles. The summed E-state index contributed by atoms with van der Waals surface area (Å²) < 4.78 is 0. The summed E-state index contributed by atoms with van der Waals surface area (Å²) in [6.45, 7) is 3.29. The predicted octanol–water partition coefficient (Wildman–Crippen LogP) is 3.59. The topological polar surface area (TPSA) is 123 Å². The van der Waals surface area contributed by atoms with Crippen LogP contribution in [0.3, 0.4) is 0 Å². The Bertz CT molecular complexity index is 1560. The minimum Gasteiger partial charge on any atom is -0.380 e. The molecule has 4 amide bonds. The summed E-state index contributed by atoms with van der Waals surface area (Å²) in [5.41, 5.74) is 5.23. The second kappa shape index (κ2) is 11.5. The summed E-state index contributed by atoms with van der Waals surface area (Å²) in [6.07, 6.45) is 0.207. The van der Waals surface area contributed by atoms with Crippen molar-refractivity contribution in [3.05, 3.63) is 100 Å². The standard InChI is InChI=1S/C31H27N5O4.ClH/c32-14-19-8-10-22(11-9-19)23-17-35(18-23)16-21-6-4-20(5-7-21)15-33-25-3-1-2-24-28(25)31(40)36(30(24)39)26-12-13-27(37)34-29(26)38;/h1-11,23,26,33H,12-13,15-18H2,(H,34,37,38);1H. The average molecular weight is 570 g/mol. The van der Waals surface area contributed by atoms with Crippen LogP contribution in [0.5, 0.6) is 0 Å². The quantitative estimate of drug-likeness (QED) is 0.417. The molecular weight excluding hydrogens is 542 g/mol.